The number of hydrogen-bond donors (Lipinski definition) is 4. The summed E-state index contributed by atoms with van der Waals surface area (Å²) in [5, 5.41) is 15.7. The molecule has 3 amide bonds. The van der Waals surface area contributed by atoms with Gasteiger partial charge in [-0.3, -0.25) is 14.4 Å². The molecular formula is C12H15N3O4. The van der Waals surface area contributed by atoms with E-state index >= 15 is 0 Å². The molecule has 102 valence electrons. The van der Waals surface area contributed by atoms with Crippen molar-refractivity contribution in [2.24, 2.45) is 0 Å². The average molecular weight is 265 g/mol. The van der Waals surface area contributed by atoms with Gasteiger partial charge < -0.3 is 21.1 Å². The van der Waals surface area contributed by atoms with E-state index in [0.717, 1.165) is 0 Å². The summed E-state index contributed by atoms with van der Waals surface area (Å²) < 4.78 is 0. The quantitative estimate of drug-likeness (QED) is 0.560. The highest BCUT2D eigenvalue weighted by atomic mass is 16.3. The van der Waals surface area contributed by atoms with Crippen molar-refractivity contribution in [2.75, 3.05) is 23.8 Å². The Morgan fingerprint density at radius 1 is 1.00 bits per heavy atom. The average Bonchev–Trinajstić information content (AvgIpc) is 2.37. The van der Waals surface area contributed by atoms with E-state index in [0.29, 0.717) is 11.4 Å². The molecule has 1 aromatic rings. The molecule has 0 spiro atoms. The van der Waals surface area contributed by atoms with Crippen LogP contribution in [0.15, 0.2) is 24.3 Å². The second kappa shape index (κ2) is 7.12. The third kappa shape index (κ3) is 5.17. The normalized spacial score (nSPS) is 9.58. The van der Waals surface area contributed by atoms with Crippen LogP contribution in [0.1, 0.15) is 6.92 Å². The molecule has 4 N–H and O–H groups in total. The highest BCUT2D eigenvalue weighted by Gasteiger charge is 2.12. The van der Waals surface area contributed by atoms with Gasteiger partial charge in [-0.1, -0.05) is 0 Å². The van der Waals surface area contributed by atoms with Gasteiger partial charge in [0.1, 0.15) is 0 Å². The SMILES string of the molecule is CC(=O)Nc1ccc(NC(=O)C(=O)NCCO)cc1. The molecule has 0 fully saturated rings. The standard InChI is InChI=1S/C12H15N3O4/c1-8(17)14-9-2-4-10(5-3-9)15-12(19)11(18)13-6-7-16/h2-5,16H,6-7H2,1H3,(H,13,18)(H,14,17)(H,15,19). The van der Waals surface area contributed by atoms with Gasteiger partial charge in [0.25, 0.3) is 0 Å². The largest absolute Gasteiger partial charge is 0.395 e. The second-order valence-electron chi connectivity index (χ2n) is 3.69. The van der Waals surface area contributed by atoms with Gasteiger partial charge in [0.05, 0.1) is 6.61 Å². The van der Waals surface area contributed by atoms with Crippen LogP contribution in [0, 0.1) is 0 Å². The number of aliphatic hydroxyl groups excluding tert-OH is 1. The van der Waals surface area contributed by atoms with Crippen LogP contribution in [-0.2, 0) is 14.4 Å². The van der Waals surface area contributed by atoms with Gasteiger partial charge in [0.2, 0.25) is 5.91 Å². The number of benzene rings is 1. The molecule has 0 heterocycles. The summed E-state index contributed by atoms with van der Waals surface area (Å²) >= 11 is 0. The van der Waals surface area contributed by atoms with Crippen molar-refractivity contribution < 1.29 is 19.5 Å². The van der Waals surface area contributed by atoms with E-state index in [4.69, 9.17) is 5.11 Å². The molecule has 7 nitrogen and oxygen atoms in total. The smallest absolute Gasteiger partial charge is 0.313 e. The Morgan fingerprint density at radius 2 is 1.53 bits per heavy atom. The summed E-state index contributed by atoms with van der Waals surface area (Å²) in [4.78, 5) is 33.4. The zero-order chi connectivity index (χ0) is 14.3. The zero-order valence-electron chi connectivity index (χ0n) is 10.4. The highest BCUT2D eigenvalue weighted by molar-refractivity contribution is 6.39. The van der Waals surface area contributed by atoms with Gasteiger partial charge >= 0.3 is 11.8 Å². The van der Waals surface area contributed by atoms with Crippen LogP contribution in [0.4, 0.5) is 11.4 Å². The van der Waals surface area contributed by atoms with Crippen LogP contribution in [0.5, 0.6) is 0 Å². The minimum atomic E-state index is -0.819. The predicted octanol–water partition coefficient (Wildman–Crippen LogP) is -0.308. The monoisotopic (exact) mass is 265 g/mol. The lowest BCUT2D eigenvalue weighted by molar-refractivity contribution is -0.136. The molecule has 0 saturated heterocycles. The fraction of sp³-hybridized carbons (Fsp3) is 0.250. The summed E-state index contributed by atoms with van der Waals surface area (Å²) in [5.74, 6) is -1.83. The van der Waals surface area contributed by atoms with Crippen molar-refractivity contribution in [3.8, 4) is 0 Å². The number of nitrogens with one attached hydrogen (secondary N) is 3. The molecule has 1 rings (SSSR count). The summed E-state index contributed by atoms with van der Waals surface area (Å²) in [6.45, 7) is 1.18. The molecule has 0 bridgehead atoms. The molecule has 0 atom stereocenters. The van der Waals surface area contributed by atoms with Crippen molar-refractivity contribution in [3.63, 3.8) is 0 Å². The molecule has 7 heteroatoms. The molecule has 0 saturated carbocycles. The number of carbonyl (C=O) groups is 3. The van der Waals surface area contributed by atoms with Crippen molar-refractivity contribution in [2.45, 2.75) is 6.92 Å². The molecule has 0 aliphatic rings. The van der Waals surface area contributed by atoms with E-state index in [9.17, 15) is 14.4 Å². The molecule has 0 radical (unpaired) electrons. The van der Waals surface area contributed by atoms with Gasteiger partial charge in [-0.25, -0.2) is 0 Å². The number of carbonyl (C=O) groups excluding carboxylic acids is 3. The topological polar surface area (TPSA) is 108 Å². The van der Waals surface area contributed by atoms with Crippen molar-refractivity contribution in [3.05, 3.63) is 24.3 Å². The fourth-order valence-corrected chi connectivity index (χ4v) is 1.28. The first-order valence-electron chi connectivity index (χ1n) is 5.60. The van der Waals surface area contributed by atoms with Gasteiger partial charge in [0.15, 0.2) is 0 Å². The van der Waals surface area contributed by atoms with Crippen LogP contribution >= 0.6 is 0 Å². The maximum atomic E-state index is 11.4. The van der Waals surface area contributed by atoms with Crippen molar-refractivity contribution >= 4 is 29.1 Å². The lowest BCUT2D eigenvalue weighted by Crippen LogP contribution is -2.36. The zero-order valence-corrected chi connectivity index (χ0v) is 10.4. The summed E-state index contributed by atoms with van der Waals surface area (Å²) in [6.07, 6.45) is 0. The molecular weight excluding hydrogens is 250 g/mol. The van der Waals surface area contributed by atoms with Gasteiger partial charge in [-0.2, -0.15) is 0 Å². The van der Waals surface area contributed by atoms with Gasteiger partial charge in [-0.05, 0) is 24.3 Å². The number of anilines is 2. The Labute approximate surface area is 110 Å². The van der Waals surface area contributed by atoms with E-state index in [2.05, 4.69) is 16.0 Å². The maximum Gasteiger partial charge on any atom is 0.313 e. The minimum absolute atomic E-state index is 0.0216. The minimum Gasteiger partial charge on any atom is -0.395 e. The lowest BCUT2D eigenvalue weighted by Gasteiger charge is -2.07. The van der Waals surface area contributed by atoms with E-state index in [1.807, 2.05) is 0 Å². The molecule has 0 aliphatic carbocycles. The second-order valence-corrected chi connectivity index (χ2v) is 3.69. The van der Waals surface area contributed by atoms with Crippen molar-refractivity contribution in [1.29, 1.82) is 0 Å². The van der Waals surface area contributed by atoms with Crippen LogP contribution in [0.2, 0.25) is 0 Å². The Kier molecular flexibility index (Phi) is 5.49. The molecule has 19 heavy (non-hydrogen) atoms. The van der Waals surface area contributed by atoms with Crippen LogP contribution < -0.4 is 16.0 Å². The van der Waals surface area contributed by atoms with E-state index in [1.165, 1.54) is 6.92 Å². The summed E-state index contributed by atoms with van der Waals surface area (Å²) in [5.41, 5.74) is 1.02. The Hall–Kier alpha value is -2.41. The van der Waals surface area contributed by atoms with Gasteiger partial charge in [0, 0.05) is 24.8 Å². The van der Waals surface area contributed by atoms with Crippen LogP contribution in [0.3, 0.4) is 0 Å². The number of aliphatic hydroxyl groups is 1. The lowest BCUT2D eigenvalue weighted by atomic mass is 10.2. The first kappa shape index (κ1) is 14.7. The number of rotatable bonds is 4. The first-order chi connectivity index (χ1) is 9.02. The molecule has 1 aromatic carbocycles. The van der Waals surface area contributed by atoms with E-state index < -0.39 is 11.8 Å². The van der Waals surface area contributed by atoms with Crippen LogP contribution in [-0.4, -0.2) is 36.0 Å². The van der Waals surface area contributed by atoms with Crippen LogP contribution in [0.25, 0.3) is 0 Å². The summed E-state index contributed by atoms with van der Waals surface area (Å²) in [6, 6.07) is 6.32. The number of amides is 3. The first-order valence-corrected chi connectivity index (χ1v) is 5.60. The Morgan fingerprint density at radius 3 is 2.00 bits per heavy atom. The fourth-order valence-electron chi connectivity index (χ4n) is 1.28. The third-order valence-electron chi connectivity index (χ3n) is 2.07. The maximum absolute atomic E-state index is 11.4. The Balaban J connectivity index is 2.55. The molecule has 0 aliphatic heterocycles. The molecule has 0 unspecified atom stereocenters. The third-order valence-corrected chi connectivity index (χ3v) is 2.07. The summed E-state index contributed by atoms with van der Waals surface area (Å²) in [7, 11) is 0. The highest BCUT2D eigenvalue weighted by Crippen LogP contribution is 2.13. The Bertz CT molecular complexity index is 470. The predicted molar refractivity (Wildman–Crippen MR) is 69.5 cm³/mol. The van der Waals surface area contributed by atoms with E-state index in [1.54, 1.807) is 24.3 Å². The van der Waals surface area contributed by atoms with Crippen molar-refractivity contribution in [1.82, 2.24) is 5.32 Å². The van der Waals surface area contributed by atoms with E-state index in [-0.39, 0.29) is 19.1 Å². The molecule has 0 aromatic heterocycles. The van der Waals surface area contributed by atoms with Gasteiger partial charge in [-0.15, -0.1) is 0 Å². The number of hydrogen-bond acceptors (Lipinski definition) is 4.